The lowest BCUT2D eigenvalue weighted by molar-refractivity contribution is 5.85. The van der Waals surface area contributed by atoms with E-state index in [1.165, 1.54) is 0 Å². The molecule has 0 spiro atoms. The Labute approximate surface area is 61.6 Å². The summed E-state index contributed by atoms with van der Waals surface area (Å²) in [5.74, 6) is 0. The summed E-state index contributed by atoms with van der Waals surface area (Å²) >= 11 is 4.00. The van der Waals surface area contributed by atoms with E-state index < -0.39 is 0 Å². The first kappa shape index (κ1) is 30.8. The van der Waals surface area contributed by atoms with Crippen LogP contribution in [0, 0.1) is 0 Å². The van der Waals surface area contributed by atoms with Crippen LogP contribution in [0.15, 0.2) is 0 Å². The van der Waals surface area contributed by atoms with Crippen molar-refractivity contribution in [1.29, 1.82) is 0 Å². The van der Waals surface area contributed by atoms with Crippen LogP contribution in [0.1, 0.15) is 0 Å². The lowest BCUT2D eigenvalue weighted by Gasteiger charge is -0.558. The van der Waals surface area contributed by atoms with Crippen LogP contribution in [0.3, 0.4) is 0 Å². The van der Waals surface area contributed by atoms with E-state index in [0.717, 1.165) is 0 Å². The van der Waals surface area contributed by atoms with E-state index in [-0.39, 0.29) is 41.8 Å². The molecule has 0 aromatic rings. The maximum Gasteiger partial charge on any atom is 0.153 e. The van der Waals surface area contributed by atoms with Gasteiger partial charge in [-0.2, -0.15) is 0 Å². The highest BCUT2D eigenvalue weighted by atomic mass is 79.9. The Morgan fingerprint density at radius 3 is 1.00 bits per heavy atom. The lowest BCUT2D eigenvalue weighted by atomic mass is 30.6. The second-order valence-electron chi connectivity index (χ2n) is 0. The van der Waals surface area contributed by atoms with E-state index >= 15 is 0 Å². The van der Waals surface area contributed by atoms with E-state index in [9.17, 15) is 0 Å². The average Bonchev–Trinajstić information content (AvgIpc) is 1.00. The predicted molar refractivity (Wildman–Crippen MR) is 41.9 cm³/mol. The van der Waals surface area contributed by atoms with Crippen LogP contribution >= 0.6 is 49.8 Å². The van der Waals surface area contributed by atoms with Crippen molar-refractivity contribution in [1.82, 2.24) is 0 Å². The third kappa shape index (κ3) is 28.6. The summed E-state index contributed by atoms with van der Waals surface area (Å²) in [4.78, 5) is 0. The normalized spacial score (nSPS) is 0.800. The number of hydrogen-bond acceptors (Lipinski definition) is 1. The van der Waals surface area contributed by atoms with Crippen LogP contribution in [0.4, 0.5) is 0 Å². The smallest absolute Gasteiger partial charge is 0.147 e. The predicted octanol–water partition coefficient (Wildman–Crippen LogP) is 1.74. The van der Waals surface area contributed by atoms with Gasteiger partial charge in [0.1, 0.15) is 8.02 Å². The molecule has 5 heavy (non-hydrogen) atoms. The Hall–Kier alpha value is 1.58. The Kier molecular flexibility index (Phi) is 289. The van der Waals surface area contributed by atoms with Gasteiger partial charge in [-0.3, -0.25) is 0 Å². The fourth-order valence-electron chi connectivity index (χ4n) is 0. The van der Waals surface area contributed by atoms with Crippen molar-refractivity contribution < 1.29 is 0 Å². The van der Waals surface area contributed by atoms with E-state index in [4.69, 9.17) is 0 Å². The maximum atomic E-state index is 4.00. The first-order chi connectivity index (χ1) is 1.00. The molecule has 0 saturated heterocycles. The lowest BCUT2D eigenvalue weighted by Crippen LogP contribution is -0.399. The molecule has 0 saturated carbocycles. The Balaban J connectivity index is -0.00000000167. The van der Waals surface area contributed by atoms with Gasteiger partial charge in [0.05, 0.1) is 0 Å². The fourth-order valence-corrected chi connectivity index (χ4v) is 0. The molecule has 0 aromatic carbocycles. The third-order valence-corrected chi connectivity index (χ3v) is 0. The summed E-state index contributed by atoms with van der Waals surface area (Å²) in [5, 5.41) is 0. The molecule has 0 aliphatic heterocycles. The van der Waals surface area contributed by atoms with Gasteiger partial charge in [-0.15, -0.1) is 41.8 Å². The highest BCUT2D eigenvalue weighted by molar-refractivity contribution is 8.93. The summed E-state index contributed by atoms with van der Waals surface area (Å²) in [5.41, 5.74) is 0. The summed E-state index contributed by atoms with van der Waals surface area (Å²) in [6, 6.07) is 0. The highest BCUT2D eigenvalue weighted by Gasteiger charge is 0.856. The minimum atomic E-state index is 0. The largest absolute Gasteiger partial charge is 0.153 e. The standard InChI is InChI=1S/BrH.2ClH.HPS/c;;;1-2/h3*1H;1H/p+1. The van der Waals surface area contributed by atoms with Crippen LogP contribution in [-0.2, 0) is 11.8 Å². The molecule has 0 amide bonds. The monoisotopic (exact) mass is 217 g/mol. The van der Waals surface area contributed by atoms with Crippen molar-refractivity contribution in [3.8, 4) is 0 Å². The van der Waals surface area contributed by atoms with Gasteiger partial charge in [0, 0.05) is 0 Å². The molecule has 0 radical (unpaired) electrons. The molecular weight excluding hydrogens is 214 g/mol. The van der Waals surface area contributed by atoms with Crippen molar-refractivity contribution in [2.24, 2.45) is 0 Å². The molecule has 1 atom stereocenters. The maximum absolute atomic E-state index is 4.00. The Bertz CT molecular complexity index is 9.61. The molecule has 5 heteroatoms. The summed E-state index contributed by atoms with van der Waals surface area (Å²) in [6.07, 6.45) is 0. The SMILES string of the molecule is Br.Cl.Cl.[PH2+]=S. The fraction of sp³-hybridized carbons (Fsp3) is 0. The van der Waals surface area contributed by atoms with Gasteiger partial charge in [-0.25, -0.2) is 0 Å². The number of halogens is 3. The minimum Gasteiger partial charge on any atom is -0.147 e. The van der Waals surface area contributed by atoms with Crippen LogP contribution in [0.2, 0.25) is 0 Å². The molecule has 0 rings (SSSR count). The summed E-state index contributed by atoms with van der Waals surface area (Å²) in [7, 11) is 2.00. The second-order valence-corrected chi connectivity index (χ2v) is 0. The molecule has 1 unspecified atom stereocenters. The van der Waals surface area contributed by atoms with Crippen molar-refractivity contribution in [2.45, 2.75) is 0 Å². The van der Waals surface area contributed by atoms with Crippen molar-refractivity contribution in [2.75, 3.05) is 0 Å². The van der Waals surface area contributed by atoms with Gasteiger partial charge in [0.15, 0.2) is 11.8 Å². The van der Waals surface area contributed by atoms with Crippen LogP contribution in [0.25, 0.3) is 0 Å². The summed E-state index contributed by atoms with van der Waals surface area (Å²) < 4.78 is 0. The third-order valence-electron chi connectivity index (χ3n) is 0. The molecule has 0 aromatic heterocycles. The topological polar surface area (TPSA) is 0 Å². The van der Waals surface area contributed by atoms with Crippen molar-refractivity contribution in [3.05, 3.63) is 0 Å². The van der Waals surface area contributed by atoms with E-state index in [1.807, 2.05) is 8.02 Å². The quantitative estimate of drug-likeness (QED) is 0.559. The highest BCUT2D eigenvalue weighted by Crippen LogP contribution is 1.26. The molecule has 0 nitrogen and oxygen atoms in total. The zero-order valence-corrected chi connectivity index (χ0v) is 7.53. The Morgan fingerprint density at radius 1 is 1.00 bits per heavy atom. The molecular formula is H5BrCl2PS+. The van der Waals surface area contributed by atoms with Gasteiger partial charge < -0.3 is 0 Å². The summed E-state index contributed by atoms with van der Waals surface area (Å²) in [6.45, 7) is 0. The van der Waals surface area contributed by atoms with Crippen LogP contribution in [-0.4, -0.2) is 0 Å². The molecule has 0 N–H and O–H groups in total. The van der Waals surface area contributed by atoms with E-state index in [1.54, 1.807) is 0 Å². The van der Waals surface area contributed by atoms with Gasteiger partial charge in [0.2, 0.25) is 0 Å². The number of rotatable bonds is 0. The van der Waals surface area contributed by atoms with Gasteiger partial charge >= 0.3 is 0 Å². The van der Waals surface area contributed by atoms with E-state index in [0.29, 0.717) is 0 Å². The zero-order chi connectivity index (χ0) is 2.00. The first-order valence-electron chi connectivity index (χ1n) is 0.236. The number of hydrogen-bond donors (Lipinski definition) is 0. The van der Waals surface area contributed by atoms with Crippen LogP contribution < -0.4 is 0 Å². The molecule has 0 heterocycles. The second kappa shape index (κ2) is 46.9. The molecule has 0 aliphatic carbocycles. The zero-order valence-electron chi connectivity index (χ0n) is 2.21. The average molecular weight is 219 g/mol. The Morgan fingerprint density at radius 2 is 1.00 bits per heavy atom. The van der Waals surface area contributed by atoms with Gasteiger partial charge in [0.25, 0.3) is 0 Å². The first-order valence-corrected chi connectivity index (χ1v) is 2.12. The van der Waals surface area contributed by atoms with Crippen molar-refractivity contribution in [3.63, 3.8) is 0 Å². The minimum absolute atomic E-state index is 0. The van der Waals surface area contributed by atoms with Crippen LogP contribution in [0.5, 0.6) is 0 Å². The van der Waals surface area contributed by atoms with E-state index in [2.05, 4.69) is 11.8 Å². The molecule has 36 valence electrons. The van der Waals surface area contributed by atoms with Gasteiger partial charge in [-0.05, 0) is 0 Å². The van der Waals surface area contributed by atoms with Crippen molar-refractivity contribution >= 4 is 61.6 Å². The van der Waals surface area contributed by atoms with Gasteiger partial charge in [-0.1, -0.05) is 0 Å². The molecule has 0 bridgehead atoms. The molecule has 0 fully saturated rings. The molecule has 0 aliphatic rings.